The molecule has 8 heteroatoms. The SMILES string of the molecule is COc1ccc(-c2nc3sc4cc(Cl)ccc4c3c(=O)n2CC2=NCCO2)c(C2CC2)c1. The summed E-state index contributed by atoms with van der Waals surface area (Å²) in [6.07, 6.45) is 2.26. The summed E-state index contributed by atoms with van der Waals surface area (Å²) in [6, 6.07) is 11.6. The number of methoxy groups -OCH3 is 1. The Balaban J connectivity index is 1.65. The number of fused-ring (bicyclic) bond motifs is 3. The molecule has 2 aromatic carbocycles. The number of nitrogens with zero attached hydrogens (tertiary/aromatic N) is 3. The van der Waals surface area contributed by atoms with E-state index in [0.717, 1.165) is 34.2 Å². The summed E-state index contributed by atoms with van der Waals surface area (Å²) in [7, 11) is 1.67. The molecule has 0 amide bonds. The molecule has 0 atom stereocenters. The lowest BCUT2D eigenvalue weighted by Crippen LogP contribution is -2.27. The lowest BCUT2D eigenvalue weighted by atomic mass is 10.0. The molecule has 2 aliphatic rings. The van der Waals surface area contributed by atoms with Crippen LogP contribution < -0.4 is 10.3 Å². The molecule has 1 aliphatic carbocycles. The average Bonchev–Trinajstić information content (AvgIpc) is 3.39. The number of halogens is 1. The van der Waals surface area contributed by atoms with E-state index >= 15 is 0 Å². The molecule has 1 fully saturated rings. The number of benzene rings is 2. The van der Waals surface area contributed by atoms with Crippen molar-refractivity contribution in [3.05, 3.63) is 57.3 Å². The first-order valence-corrected chi connectivity index (χ1v) is 11.8. The van der Waals surface area contributed by atoms with Crippen LogP contribution in [0.15, 0.2) is 46.2 Å². The molecule has 32 heavy (non-hydrogen) atoms. The van der Waals surface area contributed by atoms with Crippen molar-refractivity contribution in [1.29, 1.82) is 0 Å². The van der Waals surface area contributed by atoms with Gasteiger partial charge in [-0.1, -0.05) is 17.7 Å². The summed E-state index contributed by atoms with van der Waals surface area (Å²) in [5, 5.41) is 2.13. The number of hydrogen-bond acceptors (Lipinski definition) is 6. The van der Waals surface area contributed by atoms with E-state index in [1.165, 1.54) is 16.9 Å². The van der Waals surface area contributed by atoms with Crippen LogP contribution >= 0.6 is 22.9 Å². The van der Waals surface area contributed by atoms with Gasteiger partial charge in [-0.15, -0.1) is 11.3 Å². The third-order valence-electron chi connectivity index (χ3n) is 6.01. The Morgan fingerprint density at radius 3 is 2.88 bits per heavy atom. The summed E-state index contributed by atoms with van der Waals surface area (Å²) in [6.45, 7) is 1.42. The maximum absolute atomic E-state index is 13.9. The predicted molar refractivity (Wildman–Crippen MR) is 129 cm³/mol. The van der Waals surface area contributed by atoms with Gasteiger partial charge in [0.1, 0.15) is 29.6 Å². The molecular formula is C24H20ClN3O3S. The molecule has 3 heterocycles. The molecule has 0 spiro atoms. The van der Waals surface area contributed by atoms with Crippen LogP contribution in [-0.2, 0) is 11.3 Å². The number of thiophene rings is 1. The van der Waals surface area contributed by atoms with Crippen LogP contribution in [0.5, 0.6) is 5.75 Å². The highest BCUT2D eigenvalue weighted by atomic mass is 35.5. The van der Waals surface area contributed by atoms with Crippen molar-refractivity contribution < 1.29 is 9.47 Å². The normalized spacial score (nSPS) is 15.9. The Bertz CT molecular complexity index is 1470. The molecule has 0 bridgehead atoms. The lowest BCUT2D eigenvalue weighted by molar-refractivity contribution is 0.334. The molecule has 1 aliphatic heterocycles. The first-order valence-electron chi connectivity index (χ1n) is 10.6. The van der Waals surface area contributed by atoms with Gasteiger partial charge in [0.15, 0.2) is 0 Å². The molecule has 0 saturated heterocycles. The maximum Gasteiger partial charge on any atom is 0.263 e. The minimum Gasteiger partial charge on any atom is -0.497 e. The van der Waals surface area contributed by atoms with Crippen molar-refractivity contribution in [2.24, 2.45) is 4.99 Å². The molecular weight excluding hydrogens is 446 g/mol. The van der Waals surface area contributed by atoms with Gasteiger partial charge in [-0.3, -0.25) is 14.4 Å². The fourth-order valence-corrected chi connectivity index (χ4v) is 5.64. The van der Waals surface area contributed by atoms with Crippen molar-refractivity contribution in [2.45, 2.75) is 25.3 Å². The van der Waals surface area contributed by atoms with E-state index in [1.54, 1.807) is 11.7 Å². The average molecular weight is 466 g/mol. The Morgan fingerprint density at radius 1 is 1.25 bits per heavy atom. The molecule has 4 aromatic rings. The highest BCUT2D eigenvalue weighted by Crippen LogP contribution is 2.45. The van der Waals surface area contributed by atoms with Crippen molar-refractivity contribution >= 4 is 49.1 Å². The minimum atomic E-state index is -0.0886. The molecule has 6 nitrogen and oxygen atoms in total. The Hall–Kier alpha value is -2.90. The van der Waals surface area contributed by atoms with Crippen LogP contribution in [0.1, 0.15) is 24.3 Å². The Kier molecular flexibility index (Phi) is 4.69. The topological polar surface area (TPSA) is 65.7 Å². The largest absolute Gasteiger partial charge is 0.497 e. The van der Waals surface area contributed by atoms with Gasteiger partial charge in [-0.2, -0.15) is 0 Å². The predicted octanol–water partition coefficient (Wildman–Crippen LogP) is 5.25. The molecule has 2 aromatic heterocycles. The van der Waals surface area contributed by atoms with Gasteiger partial charge in [0.05, 0.1) is 19.0 Å². The highest BCUT2D eigenvalue weighted by Gasteiger charge is 2.29. The van der Waals surface area contributed by atoms with Gasteiger partial charge in [-0.05, 0) is 54.7 Å². The van der Waals surface area contributed by atoms with E-state index in [1.807, 2.05) is 30.3 Å². The fraction of sp³-hybridized carbons (Fsp3) is 0.292. The van der Waals surface area contributed by atoms with E-state index in [0.29, 0.717) is 46.0 Å². The van der Waals surface area contributed by atoms with Crippen LogP contribution in [0.25, 0.3) is 31.7 Å². The van der Waals surface area contributed by atoms with E-state index in [2.05, 4.69) is 11.1 Å². The van der Waals surface area contributed by atoms with Crippen molar-refractivity contribution in [2.75, 3.05) is 20.3 Å². The summed E-state index contributed by atoms with van der Waals surface area (Å²) < 4.78 is 13.8. The number of ether oxygens (including phenoxy) is 2. The molecule has 0 N–H and O–H groups in total. The van der Waals surface area contributed by atoms with Crippen LogP contribution in [0, 0.1) is 0 Å². The second-order valence-electron chi connectivity index (χ2n) is 8.10. The number of aliphatic imine (C=N–C) groups is 1. The van der Waals surface area contributed by atoms with Crippen molar-refractivity contribution in [3.63, 3.8) is 0 Å². The molecule has 6 rings (SSSR count). The third kappa shape index (κ3) is 3.27. The summed E-state index contributed by atoms with van der Waals surface area (Å²) >= 11 is 7.70. The van der Waals surface area contributed by atoms with Gasteiger partial charge in [0, 0.05) is 20.7 Å². The van der Waals surface area contributed by atoms with Crippen LogP contribution in [-0.4, -0.2) is 35.7 Å². The number of rotatable bonds is 5. The number of hydrogen-bond donors (Lipinski definition) is 0. The van der Waals surface area contributed by atoms with Crippen LogP contribution in [0.3, 0.4) is 0 Å². The first kappa shape index (κ1) is 19.8. The molecule has 162 valence electrons. The second-order valence-corrected chi connectivity index (χ2v) is 9.57. The fourth-order valence-electron chi connectivity index (χ4n) is 4.30. The molecule has 0 unspecified atom stereocenters. The van der Waals surface area contributed by atoms with Gasteiger partial charge >= 0.3 is 0 Å². The summed E-state index contributed by atoms with van der Waals surface area (Å²) in [5.74, 6) is 2.48. The van der Waals surface area contributed by atoms with E-state index in [4.69, 9.17) is 26.1 Å². The lowest BCUT2D eigenvalue weighted by Gasteiger charge is -2.16. The second kappa shape index (κ2) is 7.60. The van der Waals surface area contributed by atoms with Crippen molar-refractivity contribution in [1.82, 2.24) is 9.55 Å². The Morgan fingerprint density at radius 2 is 2.12 bits per heavy atom. The van der Waals surface area contributed by atoms with Crippen molar-refractivity contribution in [3.8, 4) is 17.1 Å². The first-order chi connectivity index (χ1) is 15.6. The summed E-state index contributed by atoms with van der Waals surface area (Å²) in [4.78, 5) is 24.0. The Labute approximate surface area is 193 Å². The highest BCUT2D eigenvalue weighted by molar-refractivity contribution is 7.25. The monoisotopic (exact) mass is 465 g/mol. The zero-order valence-electron chi connectivity index (χ0n) is 17.4. The van der Waals surface area contributed by atoms with Crippen LogP contribution in [0.4, 0.5) is 0 Å². The van der Waals surface area contributed by atoms with Gasteiger partial charge in [0.2, 0.25) is 5.90 Å². The zero-order valence-corrected chi connectivity index (χ0v) is 19.0. The van der Waals surface area contributed by atoms with E-state index in [9.17, 15) is 4.79 Å². The summed E-state index contributed by atoms with van der Waals surface area (Å²) in [5.41, 5.74) is 2.04. The zero-order chi connectivity index (χ0) is 21.8. The maximum atomic E-state index is 13.9. The standard InChI is InChI=1S/C24H20ClN3O3S/c1-30-15-5-7-16(18(11-15)13-2-3-13)22-27-23-21(17-6-4-14(25)10-19(17)32-23)24(29)28(22)12-20-26-8-9-31-20/h4-7,10-11,13H,2-3,8-9,12H2,1H3. The quantitative estimate of drug-likeness (QED) is 0.404. The van der Waals surface area contributed by atoms with E-state index in [-0.39, 0.29) is 12.1 Å². The van der Waals surface area contributed by atoms with Crippen LogP contribution in [0.2, 0.25) is 5.02 Å². The van der Waals surface area contributed by atoms with E-state index < -0.39 is 0 Å². The number of aromatic nitrogens is 2. The third-order valence-corrected chi connectivity index (χ3v) is 7.30. The molecule has 0 radical (unpaired) electrons. The minimum absolute atomic E-state index is 0.0886. The van der Waals surface area contributed by atoms with Gasteiger partial charge in [0.25, 0.3) is 5.56 Å². The van der Waals surface area contributed by atoms with Gasteiger partial charge < -0.3 is 9.47 Å². The smallest absolute Gasteiger partial charge is 0.263 e. The molecule has 1 saturated carbocycles. The van der Waals surface area contributed by atoms with Gasteiger partial charge in [-0.25, -0.2) is 4.98 Å².